The van der Waals surface area contributed by atoms with E-state index in [0.717, 1.165) is 11.4 Å². The standard InChI is InChI=1S/C11H14N2O.C2H6/c1-7-4-5-9-10(8(7)2)6-14-13-11(9)12-3;1-2/h4-5H,6H2,1-3H3,(H,12,13);1-2H3. The Bertz CT molecular complexity index is 397. The van der Waals surface area contributed by atoms with Crippen LogP contribution in [0.15, 0.2) is 17.1 Å². The van der Waals surface area contributed by atoms with Gasteiger partial charge in [0.25, 0.3) is 0 Å². The Morgan fingerprint density at radius 2 is 1.94 bits per heavy atom. The van der Waals surface area contributed by atoms with Crippen LogP contribution >= 0.6 is 0 Å². The van der Waals surface area contributed by atoms with Crippen molar-refractivity contribution in [1.82, 2.24) is 5.48 Å². The van der Waals surface area contributed by atoms with Crippen molar-refractivity contribution < 1.29 is 4.84 Å². The molecule has 0 saturated heterocycles. The third-order valence-electron chi connectivity index (χ3n) is 2.73. The summed E-state index contributed by atoms with van der Waals surface area (Å²) in [6, 6.07) is 4.21. The minimum Gasteiger partial charge on any atom is -0.270 e. The first-order chi connectivity index (χ1) is 7.74. The fourth-order valence-corrected chi connectivity index (χ4v) is 1.68. The van der Waals surface area contributed by atoms with E-state index in [2.05, 4.69) is 36.5 Å². The number of fused-ring (bicyclic) bond motifs is 1. The number of nitrogens with one attached hydrogen (secondary N) is 1. The van der Waals surface area contributed by atoms with Crippen LogP contribution in [0, 0.1) is 13.8 Å². The summed E-state index contributed by atoms with van der Waals surface area (Å²) in [5.74, 6) is 0.814. The fraction of sp³-hybridized carbons (Fsp3) is 0.462. The maximum Gasteiger partial charge on any atom is 0.152 e. The number of nitrogens with zero attached hydrogens (tertiary/aromatic N) is 1. The molecule has 0 fully saturated rings. The average molecular weight is 220 g/mol. The van der Waals surface area contributed by atoms with Crippen LogP contribution in [-0.2, 0) is 11.4 Å². The third-order valence-corrected chi connectivity index (χ3v) is 2.73. The molecule has 1 aliphatic heterocycles. The van der Waals surface area contributed by atoms with Gasteiger partial charge in [-0.3, -0.25) is 9.83 Å². The molecule has 0 amide bonds. The lowest BCUT2D eigenvalue weighted by Gasteiger charge is -2.22. The zero-order valence-electron chi connectivity index (χ0n) is 10.7. The number of benzene rings is 1. The summed E-state index contributed by atoms with van der Waals surface area (Å²) in [4.78, 5) is 9.39. The van der Waals surface area contributed by atoms with E-state index in [-0.39, 0.29) is 0 Å². The van der Waals surface area contributed by atoms with Crippen molar-refractivity contribution in [3.63, 3.8) is 0 Å². The lowest BCUT2D eigenvalue weighted by Crippen LogP contribution is -2.31. The van der Waals surface area contributed by atoms with Gasteiger partial charge in [-0.05, 0) is 30.5 Å². The van der Waals surface area contributed by atoms with Crippen LogP contribution in [0.25, 0.3) is 0 Å². The number of hydrogen-bond acceptors (Lipinski definition) is 2. The molecule has 0 unspecified atom stereocenters. The lowest BCUT2D eigenvalue weighted by molar-refractivity contribution is 0.0647. The van der Waals surface area contributed by atoms with Crippen LogP contribution in [0.2, 0.25) is 0 Å². The van der Waals surface area contributed by atoms with E-state index >= 15 is 0 Å². The monoisotopic (exact) mass is 220 g/mol. The minimum absolute atomic E-state index is 0.613. The molecule has 1 aliphatic rings. The highest BCUT2D eigenvalue weighted by atomic mass is 16.6. The summed E-state index contributed by atoms with van der Waals surface area (Å²) in [5, 5.41) is 0. The van der Waals surface area contributed by atoms with Crippen molar-refractivity contribution in [1.29, 1.82) is 0 Å². The van der Waals surface area contributed by atoms with Gasteiger partial charge in [0.15, 0.2) is 5.84 Å². The molecule has 16 heavy (non-hydrogen) atoms. The molecule has 0 bridgehead atoms. The predicted octanol–water partition coefficient (Wildman–Crippen LogP) is 2.74. The van der Waals surface area contributed by atoms with Gasteiger partial charge in [-0.1, -0.05) is 26.0 Å². The number of hydrogen-bond donors (Lipinski definition) is 1. The maximum atomic E-state index is 5.25. The second-order valence-electron chi connectivity index (χ2n) is 3.50. The molecule has 1 aromatic carbocycles. The SMILES string of the molecule is CC.CN=C1NOCc2c1ccc(C)c2C. The van der Waals surface area contributed by atoms with Gasteiger partial charge >= 0.3 is 0 Å². The van der Waals surface area contributed by atoms with Gasteiger partial charge in [0, 0.05) is 12.6 Å². The van der Waals surface area contributed by atoms with Crippen molar-refractivity contribution in [2.75, 3.05) is 7.05 Å². The fourth-order valence-electron chi connectivity index (χ4n) is 1.68. The van der Waals surface area contributed by atoms with Gasteiger partial charge in [-0.25, -0.2) is 5.48 Å². The van der Waals surface area contributed by atoms with E-state index in [0.29, 0.717) is 6.61 Å². The Morgan fingerprint density at radius 3 is 2.56 bits per heavy atom. The number of aliphatic imine (C=N–C) groups is 1. The van der Waals surface area contributed by atoms with E-state index in [9.17, 15) is 0 Å². The second-order valence-corrected chi connectivity index (χ2v) is 3.50. The molecule has 1 heterocycles. The van der Waals surface area contributed by atoms with Crippen LogP contribution in [0.1, 0.15) is 36.1 Å². The lowest BCUT2D eigenvalue weighted by atomic mass is 9.97. The Morgan fingerprint density at radius 1 is 1.25 bits per heavy atom. The molecule has 0 spiro atoms. The maximum absolute atomic E-state index is 5.25. The largest absolute Gasteiger partial charge is 0.270 e. The molecule has 1 N–H and O–H groups in total. The van der Waals surface area contributed by atoms with Crippen LogP contribution in [0.3, 0.4) is 0 Å². The number of amidine groups is 1. The van der Waals surface area contributed by atoms with E-state index < -0.39 is 0 Å². The molecule has 3 nitrogen and oxygen atoms in total. The van der Waals surface area contributed by atoms with Crippen molar-refractivity contribution in [2.24, 2.45) is 4.99 Å². The summed E-state index contributed by atoms with van der Waals surface area (Å²) >= 11 is 0. The number of hydroxylamine groups is 1. The van der Waals surface area contributed by atoms with E-state index in [1.54, 1.807) is 7.05 Å². The first-order valence-electron chi connectivity index (χ1n) is 5.68. The Labute approximate surface area is 97.5 Å². The van der Waals surface area contributed by atoms with Gasteiger partial charge in [0.05, 0.1) is 0 Å². The summed E-state index contributed by atoms with van der Waals surface area (Å²) in [6.45, 7) is 8.85. The molecular formula is C13H20N2O. The molecule has 3 heteroatoms. The Hall–Kier alpha value is -1.35. The number of rotatable bonds is 0. The van der Waals surface area contributed by atoms with Gasteiger partial charge in [0.1, 0.15) is 6.61 Å². The smallest absolute Gasteiger partial charge is 0.152 e. The van der Waals surface area contributed by atoms with Crippen molar-refractivity contribution in [2.45, 2.75) is 34.3 Å². The normalized spacial score (nSPS) is 15.9. The molecule has 0 aliphatic carbocycles. The highest BCUT2D eigenvalue weighted by Gasteiger charge is 2.17. The summed E-state index contributed by atoms with van der Waals surface area (Å²) < 4.78 is 0. The minimum atomic E-state index is 0.613. The average Bonchev–Trinajstić information content (AvgIpc) is 2.36. The summed E-state index contributed by atoms with van der Waals surface area (Å²) in [7, 11) is 1.76. The topological polar surface area (TPSA) is 33.6 Å². The van der Waals surface area contributed by atoms with Crippen molar-refractivity contribution in [3.05, 3.63) is 34.4 Å². The second kappa shape index (κ2) is 5.66. The summed E-state index contributed by atoms with van der Waals surface area (Å²) in [5.41, 5.74) is 7.81. The summed E-state index contributed by atoms with van der Waals surface area (Å²) in [6.07, 6.45) is 0. The first-order valence-corrected chi connectivity index (χ1v) is 5.68. The van der Waals surface area contributed by atoms with Crippen molar-refractivity contribution >= 4 is 5.84 Å². The number of aryl methyl sites for hydroxylation is 1. The van der Waals surface area contributed by atoms with E-state index in [1.165, 1.54) is 16.7 Å². The van der Waals surface area contributed by atoms with Crippen LogP contribution in [0.5, 0.6) is 0 Å². The van der Waals surface area contributed by atoms with E-state index in [4.69, 9.17) is 4.84 Å². The molecule has 0 atom stereocenters. The zero-order valence-corrected chi connectivity index (χ0v) is 10.7. The zero-order chi connectivity index (χ0) is 12.1. The molecule has 0 saturated carbocycles. The highest BCUT2D eigenvalue weighted by Crippen LogP contribution is 2.21. The molecule has 1 aromatic rings. The molecule has 0 radical (unpaired) electrons. The van der Waals surface area contributed by atoms with Gasteiger partial charge < -0.3 is 0 Å². The Kier molecular flexibility index (Phi) is 4.50. The highest BCUT2D eigenvalue weighted by molar-refractivity contribution is 6.00. The Balaban J connectivity index is 0.000000606. The predicted molar refractivity (Wildman–Crippen MR) is 67.6 cm³/mol. The van der Waals surface area contributed by atoms with Crippen LogP contribution in [-0.4, -0.2) is 12.9 Å². The molecule has 0 aromatic heterocycles. The van der Waals surface area contributed by atoms with Gasteiger partial charge in [0.2, 0.25) is 0 Å². The van der Waals surface area contributed by atoms with Crippen molar-refractivity contribution in [3.8, 4) is 0 Å². The van der Waals surface area contributed by atoms with Gasteiger partial charge in [-0.2, -0.15) is 0 Å². The quantitative estimate of drug-likeness (QED) is 0.729. The molecular weight excluding hydrogens is 200 g/mol. The van der Waals surface area contributed by atoms with Crippen LogP contribution < -0.4 is 5.48 Å². The molecule has 2 rings (SSSR count). The first kappa shape index (κ1) is 12.7. The van der Waals surface area contributed by atoms with Crippen LogP contribution in [0.4, 0.5) is 0 Å². The van der Waals surface area contributed by atoms with E-state index in [1.807, 2.05) is 13.8 Å². The van der Waals surface area contributed by atoms with Gasteiger partial charge in [-0.15, -0.1) is 0 Å². The third kappa shape index (κ3) is 2.25. The molecule has 88 valence electrons.